The van der Waals surface area contributed by atoms with Gasteiger partial charge in [-0.25, -0.2) is 0 Å². The molecule has 0 aromatic carbocycles. The second kappa shape index (κ2) is 8.63. The van der Waals surface area contributed by atoms with Crippen molar-refractivity contribution in [2.24, 2.45) is 5.92 Å². The molecule has 0 aliphatic carbocycles. The van der Waals surface area contributed by atoms with Gasteiger partial charge in [0.2, 0.25) is 0 Å². The summed E-state index contributed by atoms with van der Waals surface area (Å²) >= 11 is 0. The van der Waals surface area contributed by atoms with Crippen LogP contribution in [0.15, 0.2) is 0 Å². The van der Waals surface area contributed by atoms with E-state index in [4.69, 9.17) is 4.74 Å². The molecule has 4 heteroatoms. The van der Waals surface area contributed by atoms with Crippen LogP contribution < -0.4 is 5.32 Å². The molecule has 1 rings (SSSR count). The van der Waals surface area contributed by atoms with Crippen molar-refractivity contribution in [1.82, 2.24) is 10.2 Å². The van der Waals surface area contributed by atoms with Gasteiger partial charge in [0.05, 0.1) is 6.61 Å². The van der Waals surface area contributed by atoms with Gasteiger partial charge in [0.1, 0.15) is 5.54 Å². The van der Waals surface area contributed by atoms with Crippen LogP contribution in [0.3, 0.4) is 0 Å². The van der Waals surface area contributed by atoms with E-state index in [1.165, 1.54) is 32.1 Å². The van der Waals surface area contributed by atoms with Gasteiger partial charge < -0.3 is 15.0 Å². The molecular weight excluding hydrogens is 252 g/mol. The summed E-state index contributed by atoms with van der Waals surface area (Å²) in [6.45, 7) is 9.43. The lowest BCUT2D eigenvalue weighted by atomic mass is 9.96. The Morgan fingerprint density at radius 3 is 2.70 bits per heavy atom. The second-order valence-corrected chi connectivity index (χ2v) is 6.16. The van der Waals surface area contributed by atoms with Gasteiger partial charge in [-0.1, -0.05) is 19.8 Å². The van der Waals surface area contributed by atoms with E-state index in [0.717, 1.165) is 25.6 Å². The van der Waals surface area contributed by atoms with Gasteiger partial charge in [-0.2, -0.15) is 0 Å². The Morgan fingerprint density at radius 2 is 2.10 bits per heavy atom. The first-order chi connectivity index (χ1) is 9.55. The molecule has 0 spiro atoms. The van der Waals surface area contributed by atoms with Crippen molar-refractivity contribution in [2.45, 2.75) is 58.4 Å². The number of hydrogen-bond acceptors (Lipinski definition) is 4. The first-order valence-corrected chi connectivity index (χ1v) is 8.14. The molecule has 118 valence electrons. The zero-order valence-corrected chi connectivity index (χ0v) is 13.7. The van der Waals surface area contributed by atoms with E-state index < -0.39 is 5.54 Å². The molecule has 1 aliphatic heterocycles. The largest absolute Gasteiger partial charge is 0.465 e. The van der Waals surface area contributed by atoms with Crippen LogP contribution in [-0.2, 0) is 9.53 Å². The van der Waals surface area contributed by atoms with Crippen molar-refractivity contribution in [3.63, 3.8) is 0 Å². The van der Waals surface area contributed by atoms with Crippen LogP contribution in [0.4, 0.5) is 0 Å². The van der Waals surface area contributed by atoms with Crippen LogP contribution in [0.1, 0.15) is 52.9 Å². The minimum Gasteiger partial charge on any atom is -0.465 e. The molecule has 0 saturated carbocycles. The van der Waals surface area contributed by atoms with Crippen LogP contribution in [0.2, 0.25) is 0 Å². The first-order valence-electron chi connectivity index (χ1n) is 8.14. The normalized spacial score (nSPS) is 23.9. The monoisotopic (exact) mass is 284 g/mol. The van der Waals surface area contributed by atoms with Crippen molar-refractivity contribution < 1.29 is 9.53 Å². The van der Waals surface area contributed by atoms with Gasteiger partial charge in [0.15, 0.2) is 0 Å². The number of nitrogens with one attached hydrogen (secondary N) is 1. The molecule has 2 unspecified atom stereocenters. The fourth-order valence-corrected chi connectivity index (χ4v) is 3.06. The predicted octanol–water partition coefficient (Wildman–Crippen LogP) is 2.43. The van der Waals surface area contributed by atoms with Crippen LogP contribution in [0, 0.1) is 5.92 Å². The highest BCUT2D eigenvalue weighted by atomic mass is 16.5. The summed E-state index contributed by atoms with van der Waals surface area (Å²) in [4.78, 5) is 14.5. The zero-order chi connectivity index (χ0) is 15.0. The lowest BCUT2D eigenvalue weighted by Gasteiger charge is -2.33. The summed E-state index contributed by atoms with van der Waals surface area (Å²) in [5, 5.41) is 3.15. The predicted molar refractivity (Wildman–Crippen MR) is 82.8 cm³/mol. The molecule has 0 radical (unpaired) electrons. The van der Waals surface area contributed by atoms with Gasteiger partial charge in [-0.05, 0) is 59.2 Å². The van der Waals surface area contributed by atoms with Gasteiger partial charge in [-0.3, -0.25) is 4.79 Å². The highest BCUT2D eigenvalue weighted by Crippen LogP contribution is 2.23. The van der Waals surface area contributed by atoms with Crippen molar-refractivity contribution in [2.75, 3.05) is 33.3 Å². The van der Waals surface area contributed by atoms with E-state index in [-0.39, 0.29) is 5.97 Å². The Bertz CT molecular complexity index is 296. The third-order valence-corrected chi connectivity index (χ3v) is 4.45. The molecule has 1 aliphatic rings. The van der Waals surface area contributed by atoms with Crippen molar-refractivity contribution >= 4 is 5.97 Å². The molecular formula is C16H32N2O2. The molecule has 0 bridgehead atoms. The van der Waals surface area contributed by atoms with E-state index in [0.29, 0.717) is 6.61 Å². The molecule has 0 amide bonds. The molecule has 1 N–H and O–H groups in total. The summed E-state index contributed by atoms with van der Waals surface area (Å²) in [6, 6.07) is 0. The number of likely N-dealkylation sites (tertiary alicyclic amines) is 1. The summed E-state index contributed by atoms with van der Waals surface area (Å²) in [7, 11) is 1.84. The Morgan fingerprint density at radius 1 is 1.35 bits per heavy atom. The number of ether oxygens (including phenoxy) is 1. The molecule has 1 fully saturated rings. The van der Waals surface area contributed by atoms with Gasteiger partial charge in [0.25, 0.3) is 0 Å². The van der Waals surface area contributed by atoms with Crippen molar-refractivity contribution in [1.29, 1.82) is 0 Å². The molecule has 0 aromatic heterocycles. The minimum atomic E-state index is -0.597. The van der Waals surface area contributed by atoms with Crippen LogP contribution in [-0.4, -0.2) is 49.7 Å². The number of hydrogen-bond donors (Lipinski definition) is 1. The lowest BCUT2D eigenvalue weighted by Crippen LogP contribution is -2.56. The maximum atomic E-state index is 12.1. The van der Waals surface area contributed by atoms with Crippen LogP contribution in [0.25, 0.3) is 0 Å². The zero-order valence-electron chi connectivity index (χ0n) is 13.7. The number of esters is 1. The summed E-state index contributed by atoms with van der Waals surface area (Å²) in [5.74, 6) is 0.727. The van der Waals surface area contributed by atoms with E-state index in [1.807, 2.05) is 20.9 Å². The molecule has 2 atom stereocenters. The van der Waals surface area contributed by atoms with E-state index >= 15 is 0 Å². The number of rotatable bonds is 7. The summed E-state index contributed by atoms with van der Waals surface area (Å²) < 4.78 is 5.20. The second-order valence-electron chi connectivity index (χ2n) is 6.16. The molecule has 4 nitrogen and oxygen atoms in total. The SMILES string of the molecule is CCCC1CCCN(CC(C)(NC)C(=O)OCC)CC1. The third-order valence-electron chi connectivity index (χ3n) is 4.45. The summed E-state index contributed by atoms with van der Waals surface area (Å²) in [6.07, 6.45) is 6.46. The fourth-order valence-electron chi connectivity index (χ4n) is 3.06. The van der Waals surface area contributed by atoms with Crippen molar-refractivity contribution in [3.05, 3.63) is 0 Å². The lowest BCUT2D eigenvalue weighted by molar-refractivity contribution is -0.151. The van der Waals surface area contributed by atoms with Gasteiger partial charge in [0, 0.05) is 6.54 Å². The Balaban J connectivity index is 2.55. The Labute approximate surface area is 124 Å². The number of likely N-dealkylation sites (N-methyl/N-ethyl adjacent to an activating group) is 1. The van der Waals surface area contributed by atoms with E-state index in [2.05, 4.69) is 17.1 Å². The van der Waals surface area contributed by atoms with Crippen molar-refractivity contribution in [3.8, 4) is 0 Å². The standard InChI is InChI=1S/C16H32N2O2/c1-5-8-14-9-7-11-18(12-10-14)13-16(3,17-4)15(19)20-6-2/h14,17H,5-13H2,1-4H3. The third kappa shape index (κ3) is 5.06. The van der Waals surface area contributed by atoms with Gasteiger partial charge in [-0.15, -0.1) is 0 Å². The first kappa shape index (κ1) is 17.4. The van der Waals surface area contributed by atoms with Gasteiger partial charge >= 0.3 is 5.97 Å². The Kier molecular flexibility index (Phi) is 7.52. The van der Waals surface area contributed by atoms with E-state index in [9.17, 15) is 4.79 Å². The number of carbonyl (C=O) groups excluding carboxylic acids is 1. The summed E-state index contributed by atoms with van der Waals surface area (Å²) in [5.41, 5.74) is -0.597. The average Bonchev–Trinajstić information content (AvgIpc) is 2.65. The average molecular weight is 284 g/mol. The van der Waals surface area contributed by atoms with E-state index in [1.54, 1.807) is 0 Å². The quantitative estimate of drug-likeness (QED) is 0.729. The Hall–Kier alpha value is -0.610. The minimum absolute atomic E-state index is 0.142. The molecule has 20 heavy (non-hydrogen) atoms. The number of nitrogens with zero attached hydrogens (tertiary/aromatic N) is 1. The van der Waals surface area contributed by atoms with Crippen LogP contribution in [0.5, 0.6) is 0 Å². The highest BCUT2D eigenvalue weighted by molar-refractivity contribution is 5.80. The number of carbonyl (C=O) groups is 1. The maximum Gasteiger partial charge on any atom is 0.327 e. The molecule has 1 saturated heterocycles. The van der Waals surface area contributed by atoms with Crippen LogP contribution >= 0.6 is 0 Å². The maximum absolute atomic E-state index is 12.1. The molecule has 1 heterocycles. The fraction of sp³-hybridized carbons (Fsp3) is 0.938. The highest BCUT2D eigenvalue weighted by Gasteiger charge is 2.35. The smallest absolute Gasteiger partial charge is 0.327 e. The topological polar surface area (TPSA) is 41.6 Å². The molecule has 0 aromatic rings.